The summed E-state index contributed by atoms with van der Waals surface area (Å²) in [6.45, 7) is 5.21. The predicted molar refractivity (Wildman–Crippen MR) is 421 cm³/mol. The number of fused-ring (bicyclic) bond motifs is 3. The molecule has 6 atom stereocenters. The average molecular weight is 1630 g/mol. The highest BCUT2D eigenvalue weighted by molar-refractivity contribution is 9.10. The minimum Gasteiger partial charge on any atom is -0.480 e. The SMILES string of the molecule is CC(=O)c1cn(CC(=O)N2C[C@H](F)C[C@H]2C(=O)NCc2ccccc2)c2ccc(Br)cc12.CC(=O)c1cn(CC(=O)N2C[C@H](F)C[C@H]2C(=O)NCc2ccccc2)c2ccc(Nc3cccnc3)cc12.CC(=O)c1cn(CC(=O)O)c2ccc(Br)cc12.Nc1cccnc1.O=C(NCc1ccccc1)[C@@H]1C[C@@H](F)CN1. The lowest BCUT2D eigenvalue weighted by Crippen LogP contribution is -2.46. The van der Waals surface area contributed by atoms with Gasteiger partial charge in [-0.05, 0) is 116 Å². The summed E-state index contributed by atoms with van der Waals surface area (Å²) in [5.74, 6) is -2.86. The smallest absolute Gasteiger partial charge is 0.323 e. The van der Waals surface area contributed by atoms with Crippen molar-refractivity contribution < 1.29 is 61.4 Å². The molecule has 11 aromatic rings. The topological polar surface area (TPSA) is 307 Å². The molecule has 23 nitrogen and oxygen atoms in total. The van der Waals surface area contributed by atoms with Crippen LogP contribution in [-0.4, -0.2) is 148 Å². The van der Waals surface area contributed by atoms with E-state index in [1.165, 1.54) is 30.6 Å². The molecule has 3 aliphatic rings. The number of likely N-dealkylation sites (tertiary alicyclic amines) is 2. The number of alkyl halides is 3. The number of carbonyl (C=O) groups excluding carboxylic acids is 8. The number of Topliss-reactive ketones (excluding diaryl/α,β-unsaturated/α-hetero) is 3. The molecule has 8 N–H and O–H groups in total. The van der Waals surface area contributed by atoms with Gasteiger partial charge in [-0.2, -0.15) is 0 Å². The minimum atomic E-state index is -1.28. The van der Waals surface area contributed by atoms with Crippen molar-refractivity contribution in [3.63, 3.8) is 0 Å². The lowest BCUT2D eigenvalue weighted by molar-refractivity contribution is -0.139. The van der Waals surface area contributed by atoms with Gasteiger partial charge in [-0.25, -0.2) is 13.2 Å². The van der Waals surface area contributed by atoms with Crippen molar-refractivity contribution in [1.29, 1.82) is 0 Å². The normalized spacial score (nSPS) is 16.9. The molecule has 0 bridgehead atoms. The molecule has 0 spiro atoms. The maximum Gasteiger partial charge on any atom is 0.323 e. The monoisotopic (exact) mass is 1620 g/mol. The van der Waals surface area contributed by atoms with Gasteiger partial charge in [-0.3, -0.25) is 53.1 Å². The van der Waals surface area contributed by atoms with Crippen LogP contribution in [0.3, 0.4) is 0 Å². The van der Waals surface area contributed by atoms with Crippen molar-refractivity contribution in [3.05, 3.63) is 256 Å². The zero-order valence-electron chi connectivity index (χ0n) is 60.4. The van der Waals surface area contributed by atoms with Crippen LogP contribution in [0.2, 0.25) is 0 Å². The van der Waals surface area contributed by atoms with Gasteiger partial charge in [0.2, 0.25) is 29.5 Å². The van der Waals surface area contributed by atoms with Crippen molar-refractivity contribution in [2.75, 3.05) is 30.7 Å². The molecular weight excluding hydrogens is 1540 g/mol. The summed E-state index contributed by atoms with van der Waals surface area (Å²) in [7, 11) is 0. The van der Waals surface area contributed by atoms with Gasteiger partial charge >= 0.3 is 5.97 Å². The second-order valence-corrected chi connectivity index (χ2v) is 28.3. The Morgan fingerprint density at radius 2 is 0.891 bits per heavy atom. The molecule has 6 aromatic carbocycles. The second kappa shape index (κ2) is 38.5. The van der Waals surface area contributed by atoms with E-state index in [1.807, 2.05) is 152 Å². The van der Waals surface area contributed by atoms with Crippen LogP contribution in [0.1, 0.15) is 87.8 Å². The number of nitrogens with one attached hydrogen (secondary N) is 5. The Hall–Kier alpha value is -11.6. The Morgan fingerprint density at radius 1 is 0.482 bits per heavy atom. The Labute approximate surface area is 649 Å². The number of nitrogens with zero attached hydrogens (tertiary/aromatic N) is 7. The number of pyridine rings is 2. The average Bonchev–Trinajstić information content (AvgIpc) is 1.64. The molecule has 3 fully saturated rings. The van der Waals surface area contributed by atoms with E-state index in [0.29, 0.717) is 52.9 Å². The zero-order valence-corrected chi connectivity index (χ0v) is 63.5. The first-order chi connectivity index (χ1) is 52.8. The van der Waals surface area contributed by atoms with Crippen LogP contribution in [0.4, 0.5) is 30.2 Å². The Balaban J connectivity index is 0.000000160. The number of nitrogens with two attached hydrogens (primary N) is 1. The number of anilines is 3. The number of carboxylic acids is 1. The first kappa shape index (κ1) is 80.9. The molecule has 110 heavy (non-hydrogen) atoms. The molecule has 0 unspecified atom stereocenters. The lowest BCUT2D eigenvalue weighted by atomic mass is 10.1. The molecule has 3 aliphatic heterocycles. The predicted octanol–water partition coefficient (Wildman–Crippen LogP) is 12.5. The third kappa shape index (κ3) is 22.1. The van der Waals surface area contributed by atoms with Crippen LogP contribution < -0.4 is 32.3 Å². The molecule has 570 valence electrons. The van der Waals surface area contributed by atoms with Crippen LogP contribution in [0.25, 0.3) is 32.7 Å². The number of halogens is 5. The highest BCUT2D eigenvalue weighted by Crippen LogP contribution is 2.32. The van der Waals surface area contributed by atoms with E-state index in [2.05, 4.69) is 68.4 Å². The van der Waals surface area contributed by atoms with E-state index in [-0.39, 0.29) is 111 Å². The van der Waals surface area contributed by atoms with E-state index in [0.717, 1.165) is 58.8 Å². The standard InChI is InChI=1S/C29H28FN5O3.C24H23BrFN3O3.C12H10BrNO3.C12H15FN2O.C5H6N2/c1-19(36)25-17-34(26-10-9-22(13-24(25)26)33-23-8-5-11-31-15-23)18-28(37)35-16-21(30)12-27(35)29(38)32-14-20-6-3-2-4-7-20;1-15(30)20-13-28(21-8-7-17(25)9-19(20)21)14-23(31)29-12-18(26)10-22(29)24(32)27-11-16-5-3-2-4-6-16;1-7(15)10-5-14(6-12(16)17)11-3-2-8(13)4-9(10)11;13-10-6-11(14-8-10)12(16)15-7-9-4-2-1-3-5-9;6-5-2-1-3-7-4-5/h2-11,13,15,17,21,27,33H,12,14,16,18H2,1H3,(H,32,38);2-9,13,18,22H,10-12,14H2,1H3,(H,27,32);2-5H,6H2,1H3,(H,16,17);1-5,10-11,14H,6-8H2,(H,15,16);1-4H,6H2/t21-,27+;18-,22+;;10-,11+;/m11.1./s1. The number of rotatable bonds is 20. The van der Waals surface area contributed by atoms with Gasteiger partial charge in [0, 0.05) is 147 Å². The van der Waals surface area contributed by atoms with Crippen LogP contribution in [0.15, 0.2) is 222 Å². The van der Waals surface area contributed by atoms with Crippen LogP contribution in [0, 0.1) is 0 Å². The number of ketones is 3. The van der Waals surface area contributed by atoms with Crippen LogP contribution in [-0.2, 0) is 68.0 Å². The van der Waals surface area contributed by atoms with Crippen LogP contribution >= 0.6 is 31.9 Å². The molecule has 3 saturated heterocycles. The summed E-state index contributed by atoms with van der Waals surface area (Å²) >= 11 is 6.75. The van der Waals surface area contributed by atoms with E-state index in [4.69, 9.17) is 10.8 Å². The van der Waals surface area contributed by atoms with Gasteiger partial charge < -0.3 is 60.9 Å². The summed E-state index contributed by atoms with van der Waals surface area (Å²) in [4.78, 5) is 121. The van der Waals surface area contributed by atoms with Crippen LogP contribution in [0.5, 0.6) is 0 Å². The van der Waals surface area contributed by atoms with Gasteiger partial charge in [0.05, 0.1) is 36.7 Å². The van der Waals surface area contributed by atoms with Gasteiger partial charge in [0.15, 0.2) is 17.3 Å². The first-order valence-corrected chi connectivity index (χ1v) is 36.9. The summed E-state index contributed by atoms with van der Waals surface area (Å²) in [5.41, 5.74) is 14.2. The van der Waals surface area contributed by atoms with Gasteiger partial charge in [0.1, 0.15) is 50.2 Å². The van der Waals surface area contributed by atoms with E-state index in [9.17, 15) is 56.3 Å². The third-order valence-corrected chi connectivity index (χ3v) is 19.3. The highest BCUT2D eigenvalue weighted by atomic mass is 79.9. The van der Waals surface area contributed by atoms with Crippen molar-refractivity contribution in [2.45, 2.75) is 116 Å². The maximum absolute atomic E-state index is 14.4. The number of amides is 5. The molecule has 14 rings (SSSR count). The fourth-order valence-electron chi connectivity index (χ4n) is 13.0. The Morgan fingerprint density at radius 3 is 1.26 bits per heavy atom. The number of benzene rings is 6. The van der Waals surface area contributed by atoms with Crippen molar-refractivity contribution in [2.24, 2.45) is 0 Å². The number of hydrogen-bond donors (Lipinski definition) is 7. The summed E-state index contributed by atoms with van der Waals surface area (Å²) in [6, 6.07) is 50.1. The summed E-state index contributed by atoms with van der Waals surface area (Å²) in [5, 5.41) is 25.6. The zero-order chi connectivity index (χ0) is 78.5. The fourth-order valence-corrected chi connectivity index (χ4v) is 13.7. The molecule has 28 heteroatoms. The minimum absolute atomic E-state index is 0.0234. The number of nitrogen functional groups attached to an aromatic ring is 1. The molecule has 0 aliphatic carbocycles. The van der Waals surface area contributed by atoms with E-state index in [1.54, 1.807) is 75.3 Å². The largest absolute Gasteiger partial charge is 0.480 e. The Bertz CT molecular complexity index is 5080. The van der Waals surface area contributed by atoms with E-state index < -0.39 is 36.6 Å². The van der Waals surface area contributed by atoms with Gasteiger partial charge in [-0.15, -0.1) is 0 Å². The number of aliphatic carboxylic acids is 1. The number of aromatic nitrogens is 5. The molecule has 5 aromatic heterocycles. The molecule has 8 heterocycles. The van der Waals surface area contributed by atoms with Crippen molar-refractivity contribution in [1.82, 2.24) is 54.7 Å². The summed E-state index contributed by atoms with van der Waals surface area (Å²) in [6.07, 6.45) is 8.35. The quantitative estimate of drug-likeness (QED) is 0.0349. The molecule has 0 saturated carbocycles. The Kier molecular flexibility index (Phi) is 28.3. The number of carbonyl (C=O) groups is 9. The molecular formula is C82H82Br2F3N13O10. The van der Waals surface area contributed by atoms with Gasteiger partial charge in [0.25, 0.3) is 0 Å². The third-order valence-electron chi connectivity index (χ3n) is 18.3. The fraction of sp³-hybridized carbons (Fsp3) is 0.256. The molecule has 5 amide bonds. The van der Waals surface area contributed by atoms with E-state index >= 15 is 0 Å². The number of carboxylic acid groups (broad SMARTS) is 1. The highest BCUT2D eigenvalue weighted by Gasteiger charge is 2.41. The van der Waals surface area contributed by atoms with Gasteiger partial charge in [-0.1, -0.05) is 123 Å². The lowest BCUT2D eigenvalue weighted by Gasteiger charge is -2.24. The van der Waals surface area contributed by atoms with Crippen molar-refractivity contribution in [3.8, 4) is 0 Å². The van der Waals surface area contributed by atoms with Crippen molar-refractivity contribution >= 4 is 134 Å². The maximum atomic E-state index is 14.4. The molecule has 0 radical (unpaired) electrons. The second-order valence-electron chi connectivity index (χ2n) is 26.5. The first-order valence-electron chi connectivity index (χ1n) is 35.3. The number of hydrogen-bond acceptors (Lipinski definition) is 14. The summed E-state index contributed by atoms with van der Waals surface area (Å²) < 4.78 is 48.1.